The summed E-state index contributed by atoms with van der Waals surface area (Å²) in [6.07, 6.45) is 0.634. The molecule has 3 nitrogen and oxygen atoms in total. The van der Waals surface area contributed by atoms with Crippen LogP contribution in [0.3, 0.4) is 0 Å². The maximum atomic E-state index is 9.56. The smallest absolute Gasteiger partial charge is 0.0667 e. The number of aliphatic hydroxyl groups excluding tert-OH is 1. The van der Waals surface area contributed by atoms with E-state index in [1.54, 1.807) is 0 Å². The van der Waals surface area contributed by atoms with Crippen LogP contribution in [0.2, 0.25) is 0 Å². The molecule has 0 bridgehead atoms. The number of ether oxygens (including phenoxy) is 1. The highest BCUT2D eigenvalue weighted by molar-refractivity contribution is 4.61. The third-order valence-electron chi connectivity index (χ3n) is 2.00. The van der Waals surface area contributed by atoms with Crippen molar-refractivity contribution in [3.63, 3.8) is 0 Å². The second-order valence-corrected chi connectivity index (χ2v) is 4.96. The highest BCUT2D eigenvalue weighted by Gasteiger charge is 2.05. The van der Waals surface area contributed by atoms with E-state index in [-0.39, 0.29) is 6.10 Å². The first kappa shape index (κ1) is 14.9. The van der Waals surface area contributed by atoms with Crippen molar-refractivity contribution in [3.05, 3.63) is 0 Å². The van der Waals surface area contributed by atoms with E-state index >= 15 is 0 Å². The zero-order valence-electron chi connectivity index (χ0n) is 10.6. The van der Waals surface area contributed by atoms with Gasteiger partial charge in [0.2, 0.25) is 0 Å². The molecule has 1 unspecified atom stereocenters. The van der Waals surface area contributed by atoms with Crippen molar-refractivity contribution >= 4 is 0 Å². The van der Waals surface area contributed by atoms with E-state index in [1.807, 2.05) is 0 Å². The summed E-state index contributed by atoms with van der Waals surface area (Å²) in [5.74, 6) is 1.15. The quantitative estimate of drug-likeness (QED) is 0.577. The van der Waals surface area contributed by atoms with Crippen LogP contribution in [0, 0.1) is 11.8 Å². The summed E-state index contributed by atoms with van der Waals surface area (Å²) in [6.45, 7) is 11.6. The Labute approximate surface area is 94.2 Å². The van der Waals surface area contributed by atoms with E-state index in [0.717, 1.165) is 26.2 Å². The van der Waals surface area contributed by atoms with Crippen LogP contribution < -0.4 is 5.32 Å². The highest BCUT2D eigenvalue weighted by atomic mass is 16.5. The summed E-state index contributed by atoms with van der Waals surface area (Å²) in [4.78, 5) is 0. The van der Waals surface area contributed by atoms with Crippen LogP contribution in [-0.4, -0.2) is 37.5 Å². The molecule has 0 spiro atoms. The monoisotopic (exact) mass is 217 g/mol. The summed E-state index contributed by atoms with van der Waals surface area (Å²) in [7, 11) is 0. The average molecular weight is 217 g/mol. The Morgan fingerprint density at radius 1 is 1.13 bits per heavy atom. The normalized spacial score (nSPS) is 13.8. The van der Waals surface area contributed by atoms with Crippen molar-refractivity contribution in [1.82, 2.24) is 5.32 Å². The van der Waals surface area contributed by atoms with Gasteiger partial charge < -0.3 is 15.2 Å². The number of hydrogen-bond donors (Lipinski definition) is 2. The molecular formula is C12H27NO2. The predicted octanol–water partition coefficient (Wildman–Crippen LogP) is 1.66. The van der Waals surface area contributed by atoms with Gasteiger partial charge in [-0.15, -0.1) is 0 Å². The zero-order valence-corrected chi connectivity index (χ0v) is 10.6. The lowest BCUT2D eigenvalue weighted by Gasteiger charge is -2.14. The van der Waals surface area contributed by atoms with Crippen molar-refractivity contribution in [2.24, 2.45) is 11.8 Å². The lowest BCUT2D eigenvalue weighted by molar-refractivity contribution is 0.104. The molecule has 0 radical (unpaired) electrons. The van der Waals surface area contributed by atoms with Gasteiger partial charge in [0.15, 0.2) is 0 Å². The molecule has 2 N–H and O–H groups in total. The number of nitrogens with one attached hydrogen (secondary N) is 1. The average Bonchev–Trinajstić information content (AvgIpc) is 2.09. The molecule has 3 heteroatoms. The third-order valence-corrected chi connectivity index (χ3v) is 2.00. The molecule has 0 rings (SSSR count). The minimum absolute atomic E-state index is 0.227. The minimum Gasteiger partial charge on any atom is -0.392 e. The molecule has 0 aromatic heterocycles. The van der Waals surface area contributed by atoms with Crippen LogP contribution in [0.5, 0.6) is 0 Å². The first-order valence-electron chi connectivity index (χ1n) is 5.99. The SMILES string of the molecule is CC(C)COCCNCC(O)CC(C)C. The van der Waals surface area contributed by atoms with Crippen LogP contribution in [0.4, 0.5) is 0 Å². The Kier molecular flexibility index (Phi) is 9.06. The lowest BCUT2D eigenvalue weighted by Crippen LogP contribution is -2.30. The fourth-order valence-electron chi connectivity index (χ4n) is 1.36. The van der Waals surface area contributed by atoms with Crippen LogP contribution in [-0.2, 0) is 4.74 Å². The Hall–Kier alpha value is -0.120. The Balaban J connectivity index is 3.16. The van der Waals surface area contributed by atoms with E-state index in [1.165, 1.54) is 0 Å². The minimum atomic E-state index is -0.227. The number of aliphatic hydroxyl groups is 1. The summed E-state index contributed by atoms with van der Waals surface area (Å²) in [5.41, 5.74) is 0. The van der Waals surface area contributed by atoms with Gasteiger partial charge >= 0.3 is 0 Å². The molecule has 0 aliphatic heterocycles. The van der Waals surface area contributed by atoms with Gasteiger partial charge in [-0.1, -0.05) is 27.7 Å². The maximum absolute atomic E-state index is 9.56. The van der Waals surface area contributed by atoms with Gasteiger partial charge in [0.1, 0.15) is 0 Å². The molecule has 15 heavy (non-hydrogen) atoms. The van der Waals surface area contributed by atoms with E-state index in [9.17, 15) is 5.11 Å². The standard InChI is InChI=1S/C12H27NO2/c1-10(2)7-12(14)8-13-5-6-15-9-11(3)4/h10-14H,5-9H2,1-4H3. The highest BCUT2D eigenvalue weighted by Crippen LogP contribution is 2.02. The second-order valence-electron chi connectivity index (χ2n) is 4.96. The van der Waals surface area contributed by atoms with Gasteiger partial charge in [-0.2, -0.15) is 0 Å². The summed E-state index contributed by atoms with van der Waals surface area (Å²) >= 11 is 0. The summed E-state index contributed by atoms with van der Waals surface area (Å²) in [6, 6.07) is 0. The number of rotatable bonds is 9. The van der Waals surface area contributed by atoms with E-state index in [0.29, 0.717) is 18.4 Å². The van der Waals surface area contributed by atoms with Crippen molar-refractivity contribution in [2.75, 3.05) is 26.3 Å². The Morgan fingerprint density at radius 2 is 1.80 bits per heavy atom. The van der Waals surface area contributed by atoms with Crippen molar-refractivity contribution in [2.45, 2.75) is 40.2 Å². The largest absolute Gasteiger partial charge is 0.392 e. The van der Waals surface area contributed by atoms with Crippen molar-refractivity contribution in [3.8, 4) is 0 Å². The Morgan fingerprint density at radius 3 is 2.33 bits per heavy atom. The zero-order chi connectivity index (χ0) is 11.7. The summed E-state index contributed by atoms with van der Waals surface area (Å²) < 4.78 is 5.41. The molecule has 0 aromatic rings. The van der Waals surface area contributed by atoms with E-state index < -0.39 is 0 Å². The molecule has 0 aliphatic rings. The van der Waals surface area contributed by atoms with Crippen LogP contribution >= 0.6 is 0 Å². The molecule has 1 atom stereocenters. The topological polar surface area (TPSA) is 41.5 Å². The summed E-state index contributed by atoms with van der Waals surface area (Å²) in [5, 5.41) is 12.8. The van der Waals surface area contributed by atoms with Gasteiger partial charge in [0.25, 0.3) is 0 Å². The van der Waals surface area contributed by atoms with Crippen molar-refractivity contribution in [1.29, 1.82) is 0 Å². The van der Waals surface area contributed by atoms with Gasteiger partial charge in [0, 0.05) is 19.7 Å². The molecule has 0 aliphatic carbocycles. The van der Waals surface area contributed by atoms with Gasteiger partial charge in [-0.25, -0.2) is 0 Å². The van der Waals surface area contributed by atoms with Crippen molar-refractivity contribution < 1.29 is 9.84 Å². The second kappa shape index (κ2) is 9.13. The molecule has 0 aromatic carbocycles. The molecule has 92 valence electrons. The molecule has 0 saturated heterocycles. The van der Waals surface area contributed by atoms with E-state index in [2.05, 4.69) is 33.0 Å². The number of hydrogen-bond acceptors (Lipinski definition) is 3. The van der Waals surface area contributed by atoms with Gasteiger partial charge in [-0.3, -0.25) is 0 Å². The van der Waals surface area contributed by atoms with Crippen LogP contribution in [0.1, 0.15) is 34.1 Å². The van der Waals surface area contributed by atoms with Gasteiger partial charge in [-0.05, 0) is 18.3 Å². The van der Waals surface area contributed by atoms with E-state index in [4.69, 9.17) is 4.74 Å². The van der Waals surface area contributed by atoms with Gasteiger partial charge in [0.05, 0.1) is 12.7 Å². The maximum Gasteiger partial charge on any atom is 0.0667 e. The fraction of sp³-hybridized carbons (Fsp3) is 1.00. The fourth-order valence-corrected chi connectivity index (χ4v) is 1.36. The van der Waals surface area contributed by atoms with Crippen LogP contribution in [0.25, 0.3) is 0 Å². The third kappa shape index (κ3) is 11.8. The molecule has 0 heterocycles. The predicted molar refractivity (Wildman–Crippen MR) is 64.0 cm³/mol. The first-order chi connectivity index (χ1) is 7.02. The van der Waals surface area contributed by atoms with Crippen LogP contribution in [0.15, 0.2) is 0 Å². The Bertz CT molecular complexity index is 138. The molecular weight excluding hydrogens is 190 g/mol. The molecule has 0 fully saturated rings. The molecule has 0 amide bonds. The molecule has 0 saturated carbocycles. The first-order valence-corrected chi connectivity index (χ1v) is 5.99. The lowest BCUT2D eigenvalue weighted by atomic mass is 10.1.